The number of rotatable bonds is 0. The Labute approximate surface area is 167 Å². The normalized spacial score (nSPS) is 18.2. The fourth-order valence-corrected chi connectivity index (χ4v) is 4.43. The van der Waals surface area contributed by atoms with Gasteiger partial charge in [0.2, 0.25) is 0 Å². The number of aryl methyl sites for hydroxylation is 1. The quantitative estimate of drug-likeness (QED) is 0.636. The van der Waals surface area contributed by atoms with E-state index in [-0.39, 0.29) is 17.8 Å². The Morgan fingerprint density at radius 2 is 2.03 bits per heavy atom. The molecule has 0 saturated carbocycles. The Bertz CT molecular complexity index is 1140. The number of nitrogen functional groups attached to an aromatic ring is 1. The Kier molecular flexibility index (Phi) is 3.84. The van der Waals surface area contributed by atoms with Crippen molar-refractivity contribution in [1.82, 2.24) is 14.8 Å². The van der Waals surface area contributed by atoms with Crippen LogP contribution in [-0.2, 0) is 7.05 Å². The lowest BCUT2D eigenvalue weighted by Crippen LogP contribution is -2.30. The van der Waals surface area contributed by atoms with E-state index in [1.165, 1.54) is 17.0 Å². The molecule has 1 aromatic carbocycles. The Morgan fingerprint density at radius 1 is 1.21 bits per heavy atom. The number of fused-ring (bicyclic) bond motifs is 8. The molecule has 8 heteroatoms. The zero-order valence-corrected chi connectivity index (χ0v) is 16.3. The third kappa shape index (κ3) is 2.66. The molecule has 0 spiro atoms. The SMILES string of the molecule is CN1C(=O)c2ccc(F)cc2[C@H]2CCCN2c2cc(cnc2N)-c2cn(C)nc21. The van der Waals surface area contributed by atoms with Crippen LogP contribution in [0.2, 0.25) is 0 Å². The van der Waals surface area contributed by atoms with Crippen molar-refractivity contribution in [3.63, 3.8) is 0 Å². The highest BCUT2D eigenvalue weighted by molar-refractivity contribution is 6.08. The van der Waals surface area contributed by atoms with Gasteiger partial charge < -0.3 is 10.6 Å². The molecule has 2 aliphatic rings. The predicted octanol–water partition coefficient (Wildman–Crippen LogP) is 3.13. The second-order valence-corrected chi connectivity index (χ2v) is 7.62. The molecule has 29 heavy (non-hydrogen) atoms. The van der Waals surface area contributed by atoms with Crippen LogP contribution in [-0.4, -0.2) is 34.3 Å². The second-order valence-electron chi connectivity index (χ2n) is 7.62. The number of benzene rings is 1. The molecule has 1 atom stereocenters. The Morgan fingerprint density at radius 3 is 2.86 bits per heavy atom. The summed E-state index contributed by atoms with van der Waals surface area (Å²) in [5, 5.41) is 4.50. The highest BCUT2D eigenvalue weighted by Gasteiger charge is 2.34. The first-order valence-corrected chi connectivity index (χ1v) is 9.57. The van der Waals surface area contributed by atoms with Gasteiger partial charge in [0, 0.05) is 49.7 Å². The standard InChI is InChI=1S/C21H21FN6O/c1-26-11-16-12-8-18(19(23)24-10-12)28-7-3-4-17(28)15-9-13(22)5-6-14(15)21(29)27(2)20(16)25-26/h5-6,8-11,17H,3-4,7H2,1-2H3,(H2,23,24)/t17-/m1/s1. The number of hydrogen-bond donors (Lipinski definition) is 1. The van der Waals surface area contributed by atoms with Crippen molar-refractivity contribution in [3.8, 4) is 11.1 Å². The summed E-state index contributed by atoms with van der Waals surface area (Å²) in [5.74, 6) is 0.359. The topological polar surface area (TPSA) is 80.3 Å². The van der Waals surface area contributed by atoms with Crippen LogP contribution in [0.4, 0.5) is 21.7 Å². The molecule has 148 valence electrons. The fourth-order valence-electron chi connectivity index (χ4n) is 4.43. The van der Waals surface area contributed by atoms with Gasteiger partial charge in [0.1, 0.15) is 11.6 Å². The lowest BCUT2D eigenvalue weighted by atomic mass is 9.97. The molecule has 0 aliphatic carbocycles. The van der Waals surface area contributed by atoms with Crippen LogP contribution in [0.3, 0.4) is 0 Å². The number of halogens is 1. The van der Waals surface area contributed by atoms with E-state index < -0.39 is 0 Å². The van der Waals surface area contributed by atoms with Crippen molar-refractivity contribution in [1.29, 1.82) is 0 Å². The van der Waals surface area contributed by atoms with Crippen molar-refractivity contribution < 1.29 is 9.18 Å². The summed E-state index contributed by atoms with van der Waals surface area (Å²) in [6, 6.07) is 6.21. The minimum atomic E-state index is -0.362. The Balaban J connectivity index is 1.83. The van der Waals surface area contributed by atoms with Crippen LogP contribution in [0.5, 0.6) is 0 Å². The van der Waals surface area contributed by atoms with E-state index in [1.54, 1.807) is 24.0 Å². The minimum absolute atomic E-state index is 0.145. The maximum absolute atomic E-state index is 14.2. The van der Waals surface area contributed by atoms with E-state index in [2.05, 4.69) is 15.0 Å². The van der Waals surface area contributed by atoms with Gasteiger partial charge in [-0.25, -0.2) is 9.37 Å². The number of carbonyl (C=O) groups excluding carboxylic acids is 1. The molecule has 3 aromatic rings. The third-order valence-corrected chi connectivity index (χ3v) is 5.81. The summed E-state index contributed by atoms with van der Waals surface area (Å²) in [6.07, 6.45) is 5.30. The van der Waals surface area contributed by atoms with Crippen molar-refractivity contribution in [2.75, 3.05) is 29.1 Å². The Hall–Kier alpha value is -3.42. The summed E-state index contributed by atoms with van der Waals surface area (Å²) in [7, 11) is 3.50. The molecule has 4 heterocycles. The number of nitrogens with zero attached hydrogens (tertiary/aromatic N) is 5. The largest absolute Gasteiger partial charge is 0.382 e. The van der Waals surface area contributed by atoms with E-state index >= 15 is 0 Å². The lowest BCUT2D eigenvalue weighted by Gasteiger charge is -2.29. The molecule has 0 radical (unpaired) electrons. The second kappa shape index (κ2) is 6.30. The molecule has 2 aliphatic heterocycles. The number of hydrogen-bond acceptors (Lipinski definition) is 5. The first-order valence-electron chi connectivity index (χ1n) is 9.57. The number of amides is 1. The molecule has 5 rings (SSSR count). The van der Waals surface area contributed by atoms with E-state index in [4.69, 9.17) is 5.73 Å². The summed E-state index contributed by atoms with van der Waals surface area (Å²) >= 11 is 0. The number of pyridine rings is 1. The molecule has 1 fully saturated rings. The van der Waals surface area contributed by atoms with Crippen molar-refractivity contribution in [2.45, 2.75) is 18.9 Å². The molecule has 0 unspecified atom stereocenters. The lowest BCUT2D eigenvalue weighted by molar-refractivity contribution is 0.0991. The highest BCUT2D eigenvalue weighted by atomic mass is 19.1. The molecule has 2 N–H and O–H groups in total. The van der Waals surface area contributed by atoms with Crippen LogP contribution in [0.1, 0.15) is 34.8 Å². The van der Waals surface area contributed by atoms with Gasteiger partial charge in [-0.15, -0.1) is 0 Å². The maximum atomic E-state index is 14.2. The summed E-state index contributed by atoms with van der Waals surface area (Å²) in [5.41, 5.74) is 9.81. The van der Waals surface area contributed by atoms with Gasteiger partial charge in [0.05, 0.1) is 11.7 Å². The molecule has 2 aromatic heterocycles. The van der Waals surface area contributed by atoms with Gasteiger partial charge in [-0.1, -0.05) is 0 Å². The van der Waals surface area contributed by atoms with Crippen LogP contribution in [0.15, 0.2) is 36.7 Å². The smallest absolute Gasteiger partial charge is 0.259 e. The first kappa shape index (κ1) is 17.7. The van der Waals surface area contributed by atoms with Crippen molar-refractivity contribution in [2.24, 2.45) is 7.05 Å². The number of carbonyl (C=O) groups is 1. The van der Waals surface area contributed by atoms with Crippen LogP contribution < -0.4 is 15.5 Å². The maximum Gasteiger partial charge on any atom is 0.259 e. The van der Waals surface area contributed by atoms with Gasteiger partial charge in [0.25, 0.3) is 5.91 Å². The van der Waals surface area contributed by atoms with E-state index in [9.17, 15) is 9.18 Å². The molecule has 1 amide bonds. The van der Waals surface area contributed by atoms with Gasteiger partial charge in [-0.05, 0) is 42.7 Å². The molecule has 7 nitrogen and oxygen atoms in total. The minimum Gasteiger partial charge on any atom is -0.382 e. The number of aromatic nitrogens is 3. The zero-order valence-electron chi connectivity index (χ0n) is 16.3. The fraction of sp³-hybridized carbons (Fsp3) is 0.286. The average molecular weight is 392 g/mol. The third-order valence-electron chi connectivity index (χ3n) is 5.81. The van der Waals surface area contributed by atoms with Crippen LogP contribution >= 0.6 is 0 Å². The molecule has 2 bridgehead atoms. The summed E-state index contributed by atoms with van der Waals surface area (Å²) < 4.78 is 15.9. The van der Waals surface area contributed by atoms with Crippen LogP contribution in [0.25, 0.3) is 11.1 Å². The van der Waals surface area contributed by atoms with Crippen molar-refractivity contribution in [3.05, 3.63) is 53.6 Å². The molecule has 1 saturated heterocycles. The molecular formula is C21H21FN6O. The van der Waals surface area contributed by atoms with Gasteiger partial charge >= 0.3 is 0 Å². The van der Waals surface area contributed by atoms with Crippen LogP contribution in [0, 0.1) is 5.82 Å². The van der Waals surface area contributed by atoms with Gasteiger partial charge in [-0.3, -0.25) is 14.4 Å². The van der Waals surface area contributed by atoms with Crippen molar-refractivity contribution >= 4 is 23.2 Å². The van der Waals surface area contributed by atoms with Gasteiger partial charge in [0.15, 0.2) is 5.82 Å². The van der Waals surface area contributed by atoms with Gasteiger partial charge in [-0.2, -0.15) is 5.10 Å². The summed E-state index contributed by atoms with van der Waals surface area (Å²) in [6.45, 7) is 0.764. The zero-order chi connectivity index (χ0) is 20.3. The number of nitrogens with two attached hydrogens (primary N) is 1. The first-order chi connectivity index (χ1) is 13.9. The van der Waals surface area contributed by atoms with E-state index in [0.29, 0.717) is 22.8 Å². The highest BCUT2D eigenvalue weighted by Crippen LogP contribution is 2.43. The predicted molar refractivity (Wildman–Crippen MR) is 109 cm³/mol. The monoisotopic (exact) mass is 392 g/mol. The summed E-state index contributed by atoms with van der Waals surface area (Å²) in [4.78, 5) is 21.5. The number of anilines is 3. The van der Waals surface area contributed by atoms with E-state index in [1.807, 2.05) is 19.3 Å². The molecular weight excluding hydrogens is 371 g/mol. The van der Waals surface area contributed by atoms with E-state index in [0.717, 1.165) is 36.2 Å². The average Bonchev–Trinajstić information content (AvgIpc) is 3.33.